The van der Waals surface area contributed by atoms with Gasteiger partial charge in [0.05, 0.1) is 12.8 Å². The third-order valence-electron chi connectivity index (χ3n) is 3.80. The van der Waals surface area contributed by atoms with E-state index in [0.717, 1.165) is 10.5 Å². The Morgan fingerprint density at radius 1 is 1.22 bits per heavy atom. The molecular formula is C17H22N2O4. The number of hydrogen-bond donors (Lipinski definition) is 1. The van der Waals surface area contributed by atoms with Crippen LogP contribution in [0.5, 0.6) is 5.75 Å². The molecule has 0 aliphatic carbocycles. The molecule has 0 saturated carbocycles. The highest BCUT2D eigenvalue weighted by atomic mass is 16.5. The average molecular weight is 318 g/mol. The van der Waals surface area contributed by atoms with Gasteiger partial charge in [0.1, 0.15) is 12.3 Å². The van der Waals surface area contributed by atoms with Crippen molar-refractivity contribution in [3.63, 3.8) is 0 Å². The number of methoxy groups -OCH3 is 1. The van der Waals surface area contributed by atoms with Gasteiger partial charge in [0.2, 0.25) is 17.7 Å². The molecule has 0 spiro atoms. The Kier molecular flexibility index (Phi) is 4.73. The maximum Gasteiger partial charge on any atom is 0.244 e. The highest BCUT2D eigenvalue weighted by Gasteiger charge is 2.30. The number of amides is 3. The number of imide groups is 1. The van der Waals surface area contributed by atoms with Crippen LogP contribution in [0.4, 0.5) is 5.69 Å². The lowest BCUT2D eigenvalue weighted by atomic mass is 9.87. The molecule has 6 nitrogen and oxygen atoms in total. The van der Waals surface area contributed by atoms with E-state index in [-0.39, 0.29) is 36.6 Å². The van der Waals surface area contributed by atoms with Gasteiger partial charge in [-0.3, -0.25) is 19.3 Å². The van der Waals surface area contributed by atoms with E-state index in [2.05, 4.69) is 26.1 Å². The van der Waals surface area contributed by atoms with Gasteiger partial charge in [-0.1, -0.05) is 26.8 Å². The number of rotatable bonds is 4. The molecule has 23 heavy (non-hydrogen) atoms. The number of hydrogen-bond acceptors (Lipinski definition) is 4. The normalized spacial score (nSPS) is 15.0. The number of carbonyl (C=O) groups excluding carboxylic acids is 3. The van der Waals surface area contributed by atoms with Crippen LogP contribution in [0.2, 0.25) is 0 Å². The molecule has 0 atom stereocenters. The van der Waals surface area contributed by atoms with Crippen molar-refractivity contribution in [3.8, 4) is 5.75 Å². The lowest BCUT2D eigenvalue weighted by Crippen LogP contribution is -2.37. The van der Waals surface area contributed by atoms with Crippen LogP contribution in [0.3, 0.4) is 0 Å². The van der Waals surface area contributed by atoms with Crippen LogP contribution in [0.25, 0.3) is 0 Å². The molecular weight excluding hydrogens is 296 g/mol. The molecule has 1 aromatic rings. The third-order valence-corrected chi connectivity index (χ3v) is 3.80. The molecule has 1 aliphatic rings. The maximum atomic E-state index is 12.2. The van der Waals surface area contributed by atoms with Crippen LogP contribution in [-0.2, 0) is 19.8 Å². The van der Waals surface area contributed by atoms with E-state index in [9.17, 15) is 14.4 Å². The molecule has 1 aliphatic heterocycles. The van der Waals surface area contributed by atoms with Gasteiger partial charge in [0.15, 0.2) is 0 Å². The smallest absolute Gasteiger partial charge is 0.244 e. The number of ether oxygens (including phenoxy) is 1. The Morgan fingerprint density at radius 2 is 1.83 bits per heavy atom. The molecule has 1 heterocycles. The Hall–Kier alpha value is -2.37. The number of benzene rings is 1. The summed E-state index contributed by atoms with van der Waals surface area (Å²) in [6, 6.07) is 5.59. The zero-order chi connectivity index (χ0) is 17.2. The molecule has 1 N–H and O–H groups in total. The van der Waals surface area contributed by atoms with Crippen molar-refractivity contribution < 1.29 is 19.1 Å². The quantitative estimate of drug-likeness (QED) is 0.862. The van der Waals surface area contributed by atoms with Gasteiger partial charge in [-0.2, -0.15) is 0 Å². The number of nitrogens with zero attached hydrogens (tertiary/aromatic N) is 1. The van der Waals surface area contributed by atoms with Crippen LogP contribution in [-0.4, -0.2) is 36.3 Å². The minimum absolute atomic E-state index is 0.0768. The summed E-state index contributed by atoms with van der Waals surface area (Å²) in [7, 11) is 1.52. The van der Waals surface area contributed by atoms with Gasteiger partial charge in [-0.15, -0.1) is 0 Å². The summed E-state index contributed by atoms with van der Waals surface area (Å²) in [6.07, 6.45) is 0.351. The number of anilines is 1. The topological polar surface area (TPSA) is 75.7 Å². The Balaban J connectivity index is 2.16. The summed E-state index contributed by atoms with van der Waals surface area (Å²) in [5.74, 6) is -0.496. The molecule has 1 fully saturated rings. The molecule has 0 aromatic heterocycles. The van der Waals surface area contributed by atoms with E-state index in [1.807, 2.05) is 12.1 Å². The first kappa shape index (κ1) is 17.0. The van der Waals surface area contributed by atoms with Crippen molar-refractivity contribution in [2.45, 2.75) is 39.0 Å². The van der Waals surface area contributed by atoms with E-state index in [4.69, 9.17) is 4.74 Å². The summed E-state index contributed by atoms with van der Waals surface area (Å²) in [6.45, 7) is 5.95. The summed E-state index contributed by atoms with van der Waals surface area (Å²) in [4.78, 5) is 36.3. The van der Waals surface area contributed by atoms with Crippen molar-refractivity contribution in [1.82, 2.24) is 4.90 Å². The van der Waals surface area contributed by atoms with Gasteiger partial charge < -0.3 is 10.1 Å². The third kappa shape index (κ3) is 3.88. The SMILES string of the molecule is COc1ccc(C(C)(C)C)cc1NC(=O)CN1C(=O)CCC1=O. The second-order valence-corrected chi connectivity index (χ2v) is 6.59. The summed E-state index contributed by atoms with van der Waals surface area (Å²) < 4.78 is 5.26. The highest BCUT2D eigenvalue weighted by Crippen LogP contribution is 2.31. The fourth-order valence-corrected chi connectivity index (χ4v) is 2.40. The lowest BCUT2D eigenvalue weighted by molar-refractivity contribution is -0.141. The Morgan fingerprint density at radius 3 is 2.35 bits per heavy atom. The molecule has 1 saturated heterocycles. The van der Waals surface area contributed by atoms with Crippen LogP contribution < -0.4 is 10.1 Å². The van der Waals surface area contributed by atoms with Gasteiger partial charge in [0, 0.05) is 12.8 Å². The van der Waals surface area contributed by atoms with Crippen LogP contribution in [0, 0.1) is 0 Å². The molecule has 0 radical (unpaired) electrons. The standard InChI is InChI=1S/C17H22N2O4/c1-17(2,3)11-5-6-13(23-4)12(9-11)18-14(20)10-19-15(21)7-8-16(19)22/h5-6,9H,7-8,10H2,1-4H3,(H,18,20). The second-order valence-electron chi connectivity index (χ2n) is 6.59. The van der Waals surface area contributed by atoms with E-state index in [1.54, 1.807) is 6.07 Å². The molecule has 0 unspecified atom stereocenters. The maximum absolute atomic E-state index is 12.2. The summed E-state index contributed by atoms with van der Waals surface area (Å²) >= 11 is 0. The summed E-state index contributed by atoms with van der Waals surface area (Å²) in [5, 5.41) is 2.73. The average Bonchev–Trinajstić information content (AvgIpc) is 2.78. The fourth-order valence-electron chi connectivity index (χ4n) is 2.40. The number of nitrogens with one attached hydrogen (secondary N) is 1. The zero-order valence-electron chi connectivity index (χ0n) is 13.9. The monoisotopic (exact) mass is 318 g/mol. The first-order chi connectivity index (χ1) is 10.7. The predicted molar refractivity (Wildman–Crippen MR) is 86.3 cm³/mol. The predicted octanol–water partition coefficient (Wildman–Crippen LogP) is 2.08. The van der Waals surface area contributed by atoms with Gasteiger partial charge in [-0.25, -0.2) is 0 Å². The van der Waals surface area contributed by atoms with E-state index in [1.165, 1.54) is 7.11 Å². The number of carbonyl (C=O) groups is 3. The van der Waals surface area contributed by atoms with Crippen LogP contribution >= 0.6 is 0 Å². The van der Waals surface area contributed by atoms with Crippen molar-refractivity contribution >= 4 is 23.4 Å². The van der Waals surface area contributed by atoms with E-state index >= 15 is 0 Å². The largest absolute Gasteiger partial charge is 0.495 e. The molecule has 2 rings (SSSR count). The van der Waals surface area contributed by atoms with E-state index in [0.29, 0.717) is 11.4 Å². The first-order valence-electron chi connectivity index (χ1n) is 7.54. The van der Waals surface area contributed by atoms with Crippen LogP contribution in [0.15, 0.2) is 18.2 Å². The Bertz CT molecular complexity index is 630. The van der Waals surface area contributed by atoms with Gasteiger partial charge >= 0.3 is 0 Å². The Labute approximate surface area is 135 Å². The minimum atomic E-state index is -0.419. The van der Waals surface area contributed by atoms with Crippen molar-refractivity contribution in [2.75, 3.05) is 19.0 Å². The first-order valence-corrected chi connectivity index (χ1v) is 7.54. The van der Waals surface area contributed by atoms with E-state index < -0.39 is 5.91 Å². The van der Waals surface area contributed by atoms with Crippen molar-refractivity contribution in [2.24, 2.45) is 0 Å². The summed E-state index contributed by atoms with van der Waals surface area (Å²) in [5.41, 5.74) is 1.50. The molecule has 0 bridgehead atoms. The molecule has 124 valence electrons. The van der Waals surface area contributed by atoms with Crippen molar-refractivity contribution in [1.29, 1.82) is 0 Å². The highest BCUT2D eigenvalue weighted by molar-refractivity contribution is 6.06. The van der Waals surface area contributed by atoms with Crippen molar-refractivity contribution in [3.05, 3.63) is 23.8 Å². The second kappa shape index (κ2) is 6.40. The molecule has 3 amide bonds. The molecule has 1 aromatic carbocycles. The lowest BCUT2D eigenvalue weighted by Gasteiger charge is -2.21. The van der Waals surface area contributed by atoms with Gasteiger partial charge in [0.25, 0.3) is 0 Å². The fraction of sp³-hybridized carbons (Fsp3) is 0.471. The zero-order valence-corrected chi connectivity index (χ0v) is 13.9. The molecule has 6 heteroatoms. The van der Waals surface area contributed by atoms with Gasteiger partial charge in [-0.05, 0) is 23.1 Å². The minimum Gasteiger partial charge on any atom is -0.495 e. The van der Waals surface area contributed by atoms with Crippen LogP contribution in [0.1, 0.15) is 39.2 Å². The number of likely N-dealkylation sites (tertiary alicyclic amines) is 1.